The summed E-state index contributed by atoms with van der Waals surface area (Å²) in [5.74, 6) is -1.61. The summed E-state index contributed by atoms with van der Waals surface area (Å²) in [7, 11) is 2.59. The van der Waals surface area contributed by atoms with Crippen molar-refractivity contribution in [3.8, 4) is 57.5 Å². The average molecular weight is 1900 g/mol. The highest BCUT2D eigenvalue weighted by Crippen LogP contribution is 2.38. The van der Waals surface area contributed by atoms with E-state index < -0.39 is 23.9 Å². The van der Waals surface area contributed by atoms with Crippen molar-refractivity contribution in [2.45, 2.75) is 220 Å². The van der Waals surface area contributed by atoms with Gasteiger partial charge in [-0.25, -0.2) is 19.2 Å². The number of carbonyl (C=O) groups excluding carboxylic acids is 12. The Kier molecular flexibility index (Phi) is 47.1. The number of aryl methyl sites for hydroxylation is 2. The van der Waals surface area contributed by atoms with Gasteiger partial charge in [-0.3, -0.25) is 38.4 Å². The highest BCUT2D eigenvalue weighted by atomic mass is 16.6. The highest BCUT2D eigenvalue weighted by Gasteiger charge is 2.37. The minimum absolute atomic E-state index is 0.0698. The van der Waals surface area contributed by atoms with E-state index >= 15 is 0 Å². The first kappa shape index (κ1) is 109. The maximum atomic E-state index is 12.8. The molecule has 0 heterocycles. The zero-order chi connectivity index (χ0) is 98.8. The Morgan fingerprint density at radius 3 is 0.594 bits per heavy atom. The van der Waals surface area contributed by atoms with E-state index in [1.54, 1.807) is 135 Å². The zero-order valence-electron chi connectivity index (χ0n) is 80.1. The monoisotopic (exact) mass is 1900 g/mol. The lowest BCUT2D eigenvalue weighted by atomic mass is 9.82. The van der Waals surface area contributed by atoms with Gasteiger partial charge in [-0.15, -0.1) is 0 Å². The van der Waals surface area contributed by atoms with Crippen LogP contribution in [0.5, 0.6) is 57.5 Å². The third kappa shape index (κ3) is 37.4. The maximum Gasteiger partial charge on any atom is 0.338 e. The van der Waals surface area contributed by atoms with Gasteiger partial charge in [0.2, 0.25) is 0 Å². The van der Waals surface area contributed by atoms with Crippen LogP contribution in [0.15, 0.2) is 194 Å². The Hall–Kier alpha value is -13.1. The van der Waals surface area contributed by atoms with Crippen molar-refractivity contribution in [3.63, 3.8) is 0 Å². The summed E-state index contributed by atoms with van der Waals surface area (Å²) in [6.45, 7) is 8.78. The van der Waals surface area contributed by atoms with Gasteiger partial charge in [-0.1, -0.05) is 102 Å². The van der Waals surface area contributed by atoms with E-state index in [2.05, 4.69) is 47.6 Å². The Labute approximate surface area is 808 Å². The predicted octanol–water partition coefficient (Wildman–Crippen LogP) is 20.5. The lowest BCUT2D eigenvalue weighted by molar-refractivity contribution is -0.145. The number of aliphatic hydroxyl groups is 2. The highest BCUT2D eigenvalue weighted by molar-refractivity contribution is 5.92. The maximum absolute atomic E-state index is 12.8. The minimum Gasteiger partial charge on any atom is -0.491 e. The molecule has 0 aliphatic heterocycles. The van der Waals surface area contributed by atoms with Crippen LogP contribution >= 0.6 is 0 Å². The zero-order valence-corrected chi connectivity index (χ0v) is 80.1. The first-order valence-corrected chi connectivity index (χ1v) is 48.5. The summed E-state index contributed by atoms with van der Waals surface area (Å²) in [4.78, 5) is 147. The number of aliphatic hydroxyl groups excluding tert-OH is 2. The summed E-state index contributed by atoms with van der Waals surface area (Å²) in [5, 5.41) is 17.5. The number of rotatable bonds is 42. The summed E-state index contributed by atoms with van der Waals surface area (Å²) >= 11 is 0. The van der Waals surface area contributed by atoms with Crippen LogP contribution in [0.4, 0.5) is 0 Å². The molecular weight excluding hydrogens is 1770 g/mol. The van der Waals surface area contributed by atoms with E-state index in [0.717, 1.165) is 12.8 Å². The molecule has 12 rings (SSSR count). The van der Waals surface area contributed by atoms with Crippen molar-refractivity contribution >= 4 is 71.6 Å². The fourth-order valence-corrected chi connectivity index (χ4v) is 16.4. The molecule has 0 unspecified atom stereocenters. The van der Waals surface area contributed by atoms with E-state index in [1.165, 1.54) is 127 Å². The van der Waals surface area contributed by atoms with Crippen LogP contribution in [-0.4, -0.2) is 136 Å². The Bertz CT molecular complexity index is 4760. The molecule has 2 N–H and O–H groups in total. The molecule has 4 aliphatic carbocycles. The second-order valence-electron chi connectivity index (χ2n) is 34.5. The summed E-state index contributed by atoms with van der Waals surface area (Å²) in [5.41, 5.74) is 4.09. The fourth-order valence-electron chi connectivity index (χ4n) is 16.4. The largest absolute Gasteiger partial charge is 0.491 e. The number of esters is 12. The average Bonchev–Trinajstić information content (AvgIpc) is 0.847. The summed E-state index contributed by atoms with van der Waals surface area (Å²) in [6.07, 6.45) is 26.6. The SMILES string of the molecule is CCCCCCCCc1ccc(OC(=O)C2CCC(C(=O)Oc3ccc(CCCCCCCC)cc3)CC2)cc1.CCOC(=O)c1ccc(OC(=O)C2CCC(C(=O)Oc3ccc(C(=O)OCC)cc3)CC2)cc1.COC(=O)c1ccc(OC(=O)C2CCC(C(=O)Oc3ccc(C(=O)OC)cc3)CC2)cc1.O=C(Oc1ccc(OCCO)cc1)C1CCC(C(=O)Oc2ccc(OCCO)cc2)CC1. The molecule has 138 heavy (non-hydrogen) atoms. The van der Waals surface area contributed by atoms with Crippen LogP contribution in [0, 0.1) is 47.3 Å². The van der Waals surface area contributed by atoms with Crippen LogP contribution < -0.4 is 47.4 Å². The van der Waals surface area contributed by atoms with Gasteiger partial charge in [0, 0.05) is 0 Å². The van der Waals surface area contributed by atoms with Crippen molar-refractivity contribution in [3.05, 3.63) is 228 Å². The van der Waals surface area contributed by atoms with Crippen LogP contribution in [0.1, 0.15) is 260 Å². The van der Waals surface area contributed by atoms with E-state index in [1.807, 2.05) is 24.3 Å². The van der Waals surface area contributed by atoms with Crippen LogP contribution in [-0.2, 0) is 70.1 Å². The molecule has 740 valence electrons. The van der Waals surface area contributed by atoms with Gasteiger partial charge in [-0.05, 0) is 323 Å². The Balaban J connectivity index is 0.000000207. The summed E-state index contributed by atoms with van der Waals surface area (Å²) < 4.78 is 73.7. The number of hydrogen-bond donors (Lipinski definition) is 2. The van der Waals surface area contributed by atoms with Gasteiger partial charge >= 0.3 is 71.6 Å². The summed E-state index contributed by atoms with van der Waals surface area (Å²) in [6, 6.07) is 53.9. The van der Waals surface area contributed by atoms with Gasteiger partial charge < -0.3 is 76.5 Å². The first-order valence-electron chi connectivity index (χ1n) is 48.5. The van der Waals surface area contributed by atoms with Gasteiger partial charge in [0.1, 0.15) is 70.7 Å². The van der Waals surface area contributed by atoms with Crippen molar-refractivity contribution in [2.75, 3.05) is 53.9 Å². The van der Waals surface area contributed by atoms with Crippen molar-refractivity contribution in [1.82, 2.24) is 0 Å². The standard InChI is InChI=1S/C36H52O4.C26H28O8.C24H24O8.C24H28O8/c1-3-5-7-9-11-13-15-29-17-25-33(26-18-29)39-35(37)31-21-23-32(24-22-31)36(38)40-34-27-19-30(20-28-34)16-14-12-10-8-6-4-2;1-3-31-23(27)17-9-13-21(14-10-17)33-25(29)19-5-7-20(8-6-19)26(30)34-22-15-11-18(12-16-22)24(28)32-4-2;1-29-21(25)15-7-11-19(12-8-15)31-23(27)17-3-5-18(6-4-17)24(28)32-20-13-9-16(10-14-20)22(26)30-2;25-13-15-29-19-5-9-21(10-6-19)31-23(27)17-1-2-18(4-3-17)24(28)32-22-11-7-20(8-12-22)30-16-14-26/h17-20,25-28,31-32H,3-16,21-24H2,1-2H3;9-16,19-20H,3-8H2,1-2H3;7-14,17-18H,3-6H2,1-2H3;5-12,17-18,25-26H,1-4,13-16H2. The minimum atomic E-state index is -0.465. The fraction of sp³-hybridized carbons (Fsp3) is 0.455. The first-order chi connectivity index (χ1) is 67.0. The van der Waals surface area contributed by atoms with E-state index in [-0.39, 0.29) is 135 Å². The Morgan fingerprint density at radius 2 is 0.406 bits per heavy atom. The van der Waals surface area contributed by atoms with Gasteiger partial charge in [0.05, 0.1) is 110 Å². The molecule has 0 radical (unpaired) electrons. The molecule has 8 aromatic rings. The van der Waals surface area contributed by atoms with E-state index in [0.29, 0.717) is 182 Å². The second-order valence-corrected chi connectivity index (χ2v) is 34.5. The van der Waals surface area contributed by atoms with E-state index in [9.17, 15) is 57.5 Å². The van der Waals surface area contributed by atoms with Gasteiger partial charge in [0.25, 0.3) is 0 Å². The molecule has 0 bridgehead atoms. The molecule has 28 nitrogen and oxygen atoms in total. The topological polar surface area (TPSA) is 375 Å². The third-order valence-corrected chi connectivity index (χ3v) is 24.5. The smallest absolute Gasteiger partial charge is 0.338 e. The molecule has 0 spiro atoms. The number of unbranched alkanes of at least 4 members (excludes halogenated alkanes) is 10. The van der Waals surface area contributed by atoms with Crippen molar-refractivity contribution < 1.29 is 134 Å². The lowest BCUT2D eigenvalue weighted by Gasteiger charge is -2.25. The van der Waals surface area contributed by atoms with Gasteiger partial charge in [-0.2, -0.15) is 0 Å². The number of hydrogen-bond acceptors (Lipinski definition) is 28. The van der Waals surface area contributed by atoms with Crippen molar-refractivity contribution in [2.24, 2.45) is 47.3 Å². The van der Waals surface area contributed by atoms with Gasteiger partial charge in [0.15, 0.2) is 0 Å². The number of methoxy groups -OCH3 is 2. The molecule has 28 heteroatoms. The molecule has 8 aromatic carbocycles. The Morgan fingerprint density at radius 1 is 0.232 bits per heavy atom. The molecule has 0 saturated heterocycles. The normalized spacial score (nSPS) is 17.4. The molecule has 0 atom stereocenters. The molecule has 4 saturated carbocycles. The number of ether oxygens (including phenoxy) is 14. The molecule has 4 aliphatic rings. The quantitative estimate of drug-likeness (QED) is 0.0155. The van der Waals surface area contributed by atoms with E-state index in [4.69, 9.17) is 67.1 Å². The molecule has 0 aromatic heterocycles. The van der Waals surface area contributed by atoms with Crippen LogP contribution in [0.2, 0.25) is 0 Å². The van der Waals surface area contributed by atoms with Crippen molar-refractivity contribution in [1.29, 1.82) is 0 Å². The molecular formula is C110H132O28. The molecule has 0 amide bonds. The lowest BCUT2D eigenvalue weighted by Crippen LogP contribution is -2.30. The number of benzene rings is 8. The van der Waals surface area contributed by atoms with Crippen LogP contribution in [0.25, 0.3) is 0 Å². The second kappa shape index (κ2) is 59.8. The predicted molar refractivity (Wildman–Crippen MR) is 512 cm³/mol. The third-order valence-electron chi connectivity index (χ3n) is 24.5. The van der Waals surface area contributed by atoms with Crippen LogP contribution in [0.3, 0.4) is 0 Å². The molecule has 4 fully saturated rings. The number of carbonyl (C=O) groups is 12.